The Hall–Kier alpha value is -2.24. The molecule has 2 aromatic carbocycles. The van der Waals surface area contributed by atoms with E-state index in [0.29, 0.717) is 5.69 Å². The molecule has 0 spiro atoms. The fraction of sp³-hybridized carbons (Fsp3) is 0.200. The van der Waals surface area contributed by atoms with Crippen LogP contribution in [0.2, 0.25) is 0 Å². The van der Waals surface area contributed by atoms with Gasteiger partial charge in [0.15, 0.2) is 0 Å². The van der Waals surface area contributed by atoms with Gasteiger partial charge in [-0.3, -0.25) is 0 Å². The molecule has 0 amide bonds. The molecule has 0 atom stereocenters. The summed E-state index contributed by atoms with van der Waals surface area (Å²) in [6, 6.07) is 9.79. The molecule has 6 heteroatoms. The molecule has 0 aliphatic heterocycles. The van der Waals surface area contributed by atoms with Crippen LogP contribution in [0.1, 0.15) is 0 Å². The summed E-state index contributed by atoms with van der Waals surface area (Å²) >= 11 is 0. The van der Waals surface area contributed by atoms with E-state index in [9.17, 15) is 17.6 Å². The first-order valence-corrected chi connectivity index (χ1v) is 6.10. The molecule has 0 N–H and O–H groups in total. The van der Waals surface area contributed by atoms with Gasteiger partial charge in [-0.05, 0) is 24.3 Å². The van der Waals surface area contributed by atoms with Gasteiger partial charge in [-0.1, -0.05) is 18.2 Å². The number of benzene rings is 2. The zero-order chi connectivity index (χ0) is 15.6. The number of nitrogens with zero attached hydrogens (tertiary/aromatic N) is 1. The largest absolute Gasteiger partial charge is 0.573 e. The van der Waals surface area contributed by atoms with Crippen molar-refractivity contribution in [3.63, 3.8) is 0 Å². The Kier molecular flexibility index (Phi) is 4.06. The Labute approximate surface area is 119 Å². The number of anilines is 1. The summed E-state index contributed by atoms with van der Waals surface area (Å²) < 4.78 is 55.2. The maximum atomic E-state index is 14.1. The third kappa shape index (κ3) is 3.65. The molecule has 0 aliphatic rings. The second-order valence-electron chi connectivity index (χ2n) is 4.60. The van der Waals surface area contributed by atoms with Gasteiger partial charge < -0.3 is 9.64 Å². The highest BCUT2D eigenvalue weighted by Crippen LogP contribution is 2.35. The fourth-order valence-electron chi connectivity index (χ4n) is 1.90. The van der Waals surface area contributed by atoms with Crippen LogP contribution in [-0.2, 0) is 0 Å². The van der Waals surface area contributed by atoms with Crippen molar-refractivity contribution < 1.29 is 22.3 Å². The van der Waals surface area contributed by atoms with Gasteiger partial charge in [0.05, 0.1) is 0 Å². The van der Waals surface area contributed by atoms with Gasteiger partial charge in [-0.25, -0.2) is 4.39 Å². The van der Waals surface area contributed by atoms with Gasteiger partial charge in [0.2, 0.25) is 0 Å². The lowest BCUT2D eigenvalue weighted by Gasteiger charge is -2.16. The van der Waals surface area contributed by atoms with Crippen LogP contribution in [-0.4, -0.2) is 20.5 Å². The molecule has 2 rings (SSSR count). The first-order valence-electron chi connectivity index (χ1n) is 6.10. The van der Waals surface area contributed by atoms with Crippen molar-refractivity contribution >= 4 is 5.69 Å². The van der Waals surface area contributed by atoms with Gasteiger partial charge >= 0.3 is 6.36 Å². The zero-order valence-electron chi connectivity index (χ0n) is 11.4. The lowest BCUT2D eigenvalue weighted by atomic mass is 10.0. The minimum atomic E-state index is -4.82. The number of hydrogen-bond donors (Lipinski definition) is 0. The zero-order valence-corrected chi connectivity index (χ0v) is 11.4. The molecule has 0 bridgehead atoms. The molecule has 0 saturated carbocycles. The predicted octanol–water partition coefficient (Wildman–Crippen LogP) is 4.46. The molecule has 0 radical (unpaired) electrons. The SMILES string of the molecule is CN(C)c1ccc(-c2ccccc2OC(F)(F)F)c(F)c1. The number of para-hydroxylation sites is 1. The van der Waals surface area contributed by atoms with E-state index >= 15 is 0 Å². The minimum Gasteiger partial charge on any atom is -0.405 e. The average Bonchev–Trinajstić information content (AvgIpc) is 2.37. The Morgan fingerprint density at radius 3 is 2.19 bits per heavy atom. The maximum Gasteiger partial charge on any atom is 0.573 e. The Balaban J connectivity index is 2.47. The van der Waals surface area contributed by atoms with E-state index in [2.05, 4.69) is 4.74 Å². The van der Waals surface area contributed by atoms with Crippen molar-refractivity contribution in [3.05, 3.63) is 48.3 Å². The Morgan fingerprint density at radius 1 is 0.952 bits per heavy atom. The smallest absolute Gasteiger partial charge is 0.405 e. The Morgan fingerprint density at radius 2 is 1.62 bits per heavy atom. The maximum absolute atomic E-state index is 14.1. The highest BCUT2D eigenvalue weighted by Gasteiger charge is 2.32. The van der Waals surface area contributed by atoms with Crippen molar-refractivity contribution in [2.75, 3.05) is 19.0 Å². The van der Waals surface area contributed by atoms with Crippen LogP contribution in [0.3, 0.4) is 0 Å². The van der Waals surface area contributed by atoms with Crippen LogP contribution in [0.5, 0.6) is 5.75 Å². The predicted molar refractivity (Wildman–Crippen MR) is 72.8 cm³/mol. The highest BCUT2D eigenvalue weighted by molar-refractivity contribution is 5.72. The monoisotopic (exact) mass is 299 g/mol. The summed E-state index contributed by atoms with van der Waals surface area (Å²) in [5, 5.41) is 0. The lowest BCUT2D eigenvalue weighted by molar-refractivity contribution is -0.274. The average molecular weight is 299 g/mol. The Bertz CT molecular complexity index is 638. The second-order valence-corrected chi connectivity index (χ2v) is 4.60. The summed E-state index contributed by atoms with van der Waals surface area (Å²) in [6.45, 7) is 0. The van der Waals surface area contributed by atoms with Gasteiger partial charge in [0, 0.05) is 30.9 Å². The van der Waals surface area contributed by atoms with Gasteiger partial charge in [-0.2, -0.15) is 0 Å². The number of alkyl halides is 3. The molecular formula is C15H13F4NO. The summed E-state index contributed by atoms with van der Waals surface area (Å²) in [7, 11) is 3.49. The quantitative estimate of drug-likeness (QED) is 0.776. The van der Waals surface area contributed by atoms with E-state index in [1.807, 2.05) is 0 Å². The lowest BCUT2D eigenvalue weighted by Crippen LogP contribution is -2.17. The van der Waals surface area contributed by atoms with Crippen molar-refractivity contribution in [1.82, 2.24) is 0 Å². The molecule has 2 aromatic rings. The molecule has 0 aromatic heterocycles. The van der Waals surface area contributed by atoms with Gasteiger partial charge in [-0.15, -0.1) is 13.2 Å². The highest BCUT2D eigenvalue weighted by atomic mass is 19.4. The fourth-order valence-corrected chi connectivity index (χ4v) is 1.90. The van der Waals surface area contributed by atoms with Crippen LogP contribution in [0.25, 0.3) is 11.1 Å². The first-order chi connectivity index (χ1) is 9.78. The van der Waals surface area contributed by atoms with E-state index in [1.165, 1.54) is 30.3 Å². The molecular weight excluding hydrogens is 286 g/mol. The normalized spacial score (nSPS) is 11.3. The summed E-state index contributed by atoms with van der Waals surface area (Å²) in [5.41, 5.74) is 0.726. The molecule has 0 unspecified atom stereocenters. The molecule has 0 aliphatic carbocycles. The number of hydrogen-bond acceptors (Lipinski definition) is 2. The molecule has 2 nitrogen and oxygen atoms in total. The van der Waals surface area contributed by atoms with E-state index in [0.717, 1.165) is 6.07 Å². The van der Waals surface area contributed by atoms with Gasteiger partial charge in [0.1, 0.15) is 11.6 Å². The van der Waals surface area contributed by atoms with Crippen molar-refractivity contribution in [2.45, 2.75) is 6.36 Å². The summed E-state index contributed by atoms with van der Waals surface area (Å²) in [6.07, 6.45) is -4.82. The molecule has 0 saturated heterocycles. The molecule has 112 valence electrons. The van der Waals surface area contributed by atoms with E-state index in [1.54, 1.807) is 25.1 Å². The molecule has 21 heavy (non-hydrogen) atoms. The standard InChI is InChI=1S/C15H13F4NO/c1-20(2)10-7-8-11(13(16)9-10)12-5-3-4-6-14(12)21-15(17,18)19/h3-9H,1-2H3. The third-order valence-corrected chi connectivity index (χ3v) is 2.87. The van der Waals surface area contributed by atoms with Crippen LogP contribution >= 0.6 is 0 Å². The van der Waals surface area contributed by atoms with E-state index in [4.69, 9.17) is 0 Å². The van der Waals surface area contributed by atoms with E-state index < -0.39 is 17.9 Å². The minimum absolute atomic E-state index is 0.0534. The first kappa shape index (κ1) is 15.2. The topological polar surface area (TPSA) is 12.5 Å². The van der Waals surface area contributed by atoms with Crippen molar-refractivity contribution in [1.29, 1.82) is 0 Å². The van der Waals surface area contributed by atoms with Crippen molar-refractivity contribution in [3.8, 4) is 16.9 Å². The number of halogens is 4. The van der Waals surface area contributed by atoms with E-state index in [-0.39, 0.29) is 11.1 Å². The van der Waals surface area contributed by atoms with Crippen LogP contribution in [0.15, 0.2) is 42.5 Å². The van der Waals surface area contributed by atoms with Crippen LogP contribution in [0.4, 0.5) is 23.2 Å². The number of ether oxygens (including phenoxy) is 1. The summed E-state index contributed by atoms with van der Waals surface area (Å²) in [5.74, 6) is -1.04. The summed E-state index contributed by atoms with van der Waals surface area (Å²) in [4.78, 5) is 1.70. The van der Waals surface area contributed by atoms with Crippen LogP contribution < -0.4 is 9.64 Å². The third-order valence-electron chi connectivity index (χ3n) is 2.87. The molecule has 0 heterocycles. The van der Waals surface area contributed by atoms with Gasteiger partial charge in [0.25, 0.3) is 0 Å². The van der Waals surface area contributed by atoms with Crippen LogP contribution in [0, 0.1) is 5.82 Å². The number of rotatable bonds is 3. The van der Waals surface area contributed by atoms with Crippen molar-refractivity contribution in [2.24, 2.45) is 0 Å². The second kappa shape index (κ2) is 5.63. The molecule has 0 fully saturated rings.